The normalized spacial score (nSPS) is 13.4. The van der Waals surface area contributed by atoms with E-state index in [-0.39, 0.29) is 6.04 Å². The quantitative estimate of drug-likeness (QED) is 0.792. The van der Waals surface area contributed by atoms with Gasteiger partial charge in [-0.2, -0.15) is 0 Å². The van der Waals surface area contributed by atoms with Crippen molar-refractivity contribution in [1.29, 1.82) is 0 Å². The molecule has 1 aromatic rings. The molecule has 1 aromatic heterocycles. The van der Waals surface area contributed by atoms with Crippen molar-refractivity contribution in [2.24, 2.45) is 0 Å². The van der Waals surface area contributed by atoms with E-state index in [9.17, 15) is 4.79 Å². The van der Waals surface area contributed by atoms with E-state index in [1.165, 1.54) is 0 Å². The largest absolute Gasteiger partial charge is 0.444 e. The molecule has 21 heavy (non-hydrogen) atoms. The van der Waals surface area contributed by atoms with Gasteiger partial charge in [-0.25, -0.2) is 9.78 Å². The van der Waals surface area contributed by atoms with Crippen molar-refractivity contribution < 1.29 is 9.53 Å². The Balaban J connectivity index is 2.16. The first kappa shape index (κ1) is 17.7. The highest BCUT2D eigenvalue weighted by molar-refractivity contribution is 7.09. The van der Waals surface area contributed by atoms with E-state index < -0.39 is 11.7 Å². The highest BCUT2D eigenvalue weighted by atomic mass is 32.1. The molecule has 1 unspecified atom stereocenters. The number of nitrogens with zero attached hydrogens (tertiary/aromatic N) is 1. The molecule has 1 heterocycles. The smallest absolute Gasteiger partial charge is 0.407 e. The van der Waals surface area contributed by atoms with E-state index in [4.69, 9.17) is 4.74 Å². The minimum atomic E-state index is -0.462. The number of aromatic nitrogens is 1. The summed E-state index contributed by atoms with van der Waals surface area (Å²) in [6.45, 7) is 10.8. The van der Waals surface area contributed by atoms with Crippen molar-refractivity contribution in [1.82, 2.24) is 15.6 Å². The summed E-state index contributed by atoms with van der Waals surface area (Å²) < 4.78 is 5.14. The number of carbonyl (C=O) groups excluding carboxylic acids is 1. The number of nitrogens with one attached hydrogen (secondary N) is 2. The van der Waals surface area contributed by atoms with Crippen LogP contribution in [0.25, 0.3) is 0 Å². The number of alkyl carbamates (subject to hydrolysis) is 1. The second-order valence-corrected chi connectivity index (χ2v) is 6.84. The maximum Gasteiger partial charge on any atom is 0.407 e. The molecule has 1 atom stereocenters. The number of ether oxygens (including phenoxy) is 1. The second-order valence-electron chi connectivity index (χ2n) is 5.78. The summed E-state index contributed by atoms with van der Waals surface area (Å²) in [6.07, 6.45) is 3.48. The molecule has 0 saturated heterocycles. The molecule has 2 N–H and O–H groups in total. The van der Waals surface area contributed by atoms with Crippen molar-refractivity contribution in [2.45, 2.75) is 46.3 Å². The molecule has 0 saturated carbocycles. The third-order valence-corrected chi connectivity index (χ3v) is 3.34. The Hall–Kier alpha value is -1.40. The molecule has 0 aromatic carbocycles. The lowest BCUT2D eigenvalue weighted by molar-refractivity contribution is 0.0534. The SMILES string of the molecule is Cc1nc(C(C)NC/C=C/CNC(=O)OC(C)(C)C)cs1. The van der Waals surface area contributed by atoms with Crippen LogP contribution in [0.4, 0.5) is 4.79 Å². The number of aryl methyl sites for hydroxylation is 1. The van der Waals surface area contributed by atoms with Gasteiger partial charge in [0.05, 0.1) is 10.7 Å². The van der Waals surface area contributed by atoms with Crippen molar-refractivity contribution in [3.05, 3.63) is 28.2 Å². The van der Waals surface area contributed by atoms with E-state index in [0.29, 0.717) is 6.54 Å². The van der Waals surface area contributed by atoms with Gasteiger partial charge in [-0.1, -0.05) is 12.2 Å². The lowest BCUT2D eigenvalue weighted by Gasteiger charge is -2.19. The van der Waals surface area contributed by atoms with Gasteiger partial charge in [-0.15, -0.1) is 11.3 Å². The highest BCUT2D eigenvalue weighted by Gasteiger charge is 2.14. The van der Waals surface area contributed by atoms with Gasteiger partial charge >= 0.3 is 6.09 Å². The third kappa shape index (κ3) is 7.82. The molecule has 0 spiro atoms. The van der Waals surface area contributed by atoms with E-state index >= 15 is 0 Å². The molecule has 5 nitrogen and oxygen atoms in total. The van der Waals surface area contributed by atoms with E-state index in [1.807, 2.05) is 39.8 Å². The fourth-order valence-corrected chi connectivity index (χ4v) is 2.26. The van der Waals surface area contributed by atoms with Crippen LogP contribution in [0.3, 0.4) is 0 Å². The molecule has 1 rings (SSSR count). The predicted octanol–water partition coefficient (Wildman–Crippen LogP) is 3.18. The van der Waals surface area contributed by atoms with Gasteiger partial charge in [0.2, 0.25) is 0 Å². The Kier molecular flexibility index (Phi) is 6.84. The van der Waals surface area contributed by atoms with Crippen LogP contribution in [0, 0.1) is 6.92 Å². The van der Waals surface area contributed by atoms with E-state index in [1.54, 1.807) is 11.3 Å². The van der Waals surface area contributed by atoms with Crippen LogP contribution < -0.4 is 10.6 Å². The number of thiazole rings is 1. The van der Waals surface area contributed by atoms with Crippen molar-refractivity contribution in [3.63, 3.8) is 0 Å². The van der Waals surface area contributed by atoms with Crippen LogP contribution in [0.2, 0.25) is 0 Å². The highest BCUT2D eigenvalue weighted by Crippen LogP contribution is 2.15. The van der Waals surface area contributed by atoms with E-state index in [2.05, 4.69) is 27.9 Å². The molecule has 118 valence electrons. The lowest BCUT2D eigenvalue weighted by Crippen LogP contribution is -2.32. The Morgan fingerprint density at radius 3 is 2.67 bits per heavy atom. The van der Waals surface area contributed by atoms with Crippen molar-refractivity contribution in [2.75, 3.05) is 13.1 Å². The van der Waals surface area contributed by atoms with Gasteiger partial charge in [0.15, 0.2) is 0 Å². The summed E-state index contributed by atoms with van der Waals surface area (Å²) in [5.74, 6) is 0. The molecular weight excluding hydrogens is 286 g/mol. The summed E-state index contributed by atoms with van der Waals surface area (Å²) in [7, 11) is 0. The molecule has 1 amide bonds. The molecule has 0 aliphatic heterocycles. The zero-order valence-corrected chi connectivity index (χ0v) is 14.2. The van der Waals surface area contributed by atoms with Crippen LogP contribution in [0.5, 0.6) is 0 Å². The zero-order valence-electron chi connectivity index (χ0n) is 13.4. The van der Waals surface area contributed by atoms with Crippen LogP contribution >= 0.6 is 11.3 Å². The van der Waals surface area contributed by atoms with E-state index in [0.717, 1.165) is 17.2 Å². The first-order chi connectivity index (χ1) is 9.78. The minimum absolute atomic E-state index is 0.221. The Labute approximate surface area is 130 Å². The van der Waals surface area contributed by atoms with Crippen LogP contribution in [-0.2, 0) is 4.74 Å². The number of hydrogen-bond acceptors (Lipinski definition) is 5. The zero-order chi connectivity index (χ0) is 15.9. The Morgan fingerprint density at radius 1 is 1.43 bits per heavy atom. The molecule has 0 fully saturated rings. The first-order valence-corrected chi connectivity index (χ1v) is 7.93. The molecular formula is C15H25N3O2S. The molecule has 0 aliphatic rings. The summed E-state index contributed by atoms with van der Waals surface area (Å²) in [5.41, 5.74) is 0.606. The van der Waals surface area contributed by atoms with Crippen molar-refractivity contribution in [3.8, 4) is 0 Å². The van der Waals surface area contributed by atoms with Gasteiger partial charge in [0.25, 0.3) is 0 Å². The fraction of sp³-hybridized carbons (Fsp3) is 0.600. The monoisotopic (exact) mass is 311 g/mol. The topological polar surface area (TPSA) is 63.2 Å². The molecule has 0 radical (unpaired) electrons. The predicted molar refractivity (Wildman–Crippen MR) is 86.6 cm³/mol. The third-order valence-electron chi connectivity index (χ3n) is 2.55. The van der Waals surface area contributed by atoms with Gasteiger partial charge in [0.1, 0.15) is 5.60 Å². The maximum absolute atomic E-state index is 11.4. The number of carbonyl (C=O) groups is 1. The molecule has 0 aliphatic carbocycles. The molecule has 0 bridgehead atoms. The van der Waals surface area contributed by atoms with Crippen LogP contribution in [0.15, 0.2) is 17.5 Å². The maximum atomic E-state index is 11.4. The summed E-state index contributed by atoms with van der Waals surface area (Å²) in [6, 6.07) is 0.221. The number of rotatable bonds is 6. The first-order valence-electron chi connectivity index (χ1n) is 7.05. The second kappa shape index (κ2) is 8.14. The summed E-state index contributed by atoms with van der Waals surface area (Å²) in [5, 5.41) is 9.18. The number of amides is 1. The Morgan fingerprint density at radius 2 is 2.10 bits per heavy atom. The fourth-order valence-electron chi connectivity index (χ4n) is 1.55. The van der Waals surface area contributed by atoms with Gasteiger partial charge in [-0.05, 0) is 34.6 Å². The van der Waals surface area contributed by atoms with Crippen LogP contribution in [-0.4, -0.2) is 29.8 Å². The van der Waals surface area contributed by atoms with Gasteiger partial charge in [-0.3, -0.25) is 0 Å². The number of hydrogen-bond donors (Lipinski definition) is 2. The average molecular weight is 311 g/mol. The minimum Gasteiger partial charge on any atom is -0.444 e. The average Bonchev–Trinajstić information content (AvgIpc) is 2.78. The van der Waals surface area contributed by atoms with Gasteiger partial charge < -0.3 is 15.4 Å². The lowest BCUT2D eigenvalue weighted by atomic mass is 10.2. The standard InChI is InChI=1S/C15H25N3O2S/c1-11(13-10-21-12(2)18-13)16-8-6-7-9-17-14(19)20-15(3,4)5/h6-7,10-11,16H,8-9H2,1-5H3,(H,17,19)/b7-6+. The van der Waals surface area contributed by atoms with Crippen molar-refractivity contribution >= 4 is 17.4 Å². The molecule has 6 heteroatoms. The summed E-state index contributed by atoms with van der Waals surface area (Å²) >= 11 is 1.66. The van der Waals surface area contributed by atoms with Crippen LogP contribution in [0.1, 0.15) is 44.4 Å². The van der Waals surface area contributed by atoms with Gasteiger partial charge in [0, 0.05) is 24.5 Å². The Bertz CT molecular complexity index is 478. The summed E-state index contributed by atoms with van der Waals surface area (Å²) in [4.78, 5) is 15.8.